The molecule has 1 aliphatic rings. The van der Waals surface area contributed by atoms with Crippen molar-refractivity contribution in [2.45, 2.75) is 38.9 Å². The highest BCUT2D eigenvalue weighted by Gasteiger charge is 2.33. The second kappa shape index (κ2) is 7.79. The third-order valence-corrected chi connectivity index (χ3v) is 4.72. The van der Waals surface area contributed by atoms with E-state index in [1.165, 1.54) is 4.57 Å². The first-order chi connectivity index (χ1) is 12.9. The number of para-hydroxylation sites is 2. The number of H-pyrrole nitrogens is 1. The summed E-state index contributed by atoms with van der Waals surface area (Å²) in [6, 6.07) is 6.92. The highest BCUT2D eigenvalue weighted by molar-refractivity contribution is 6.00. The number of aromatic amines is 1. The fourth-order valence-corrected chi connectivity index (χ4v) is 3.23. The minimum Gasteiger partial charge on any atom is -0.495 e. The summed E-state index contributed by atoms with van der Waals surface area (Å²) in [7, 11) is 1.57. The number of anilines is 1. The molecule has 2 N–H and O–H groups in total. The predicted molar refractivity (Wildman–Crippen MR) is 102 cm³/mol. The van der Waals surface area contributed by atoms with Gasteiger partial charge in [0, 0.05) is 30.9 Å². The van der Waals surface area contributed by atoms with Crippen LogP contribution < -0.4 is 26.2 Å². The molecule has 1 unspecified atom stereocenters. The lowest BCUT2D eigenvalue weighted by Gasteiger charge is -2.19. The van der Waals surface area contributed by atoms with Crippen LogP contribution in [-0.2, 0) is 11.3 Å². The standard InChI is InChI=1S/C19H24N4O4/c1-12(2)23-11-13(17(24)21-19(23)26)10-20-14-8-9-22(18(14)25)15-6-4-5-7-16(15)27-3/h4-7,11-12,14,20H,8-10H2,1-3H3,(H,21,24,26). The number of hydrogen-bond acceptors (Lipinski definition) is 5. The Kier molecular flexibility index (Phi) is 5.46. The zero-order valence-electron chi connectivity index (χ0n) is 15.7. The molecule has 8 heteroatoms. The fraction of sp³-hybridized carbons (Fsp3) is 0.421. The van der Waals surface area contributed by atoms with Gasteiger partial charge in [0.25, 0.3) is 5.56 Å². The molecule has 1 amide bonds. The van der Waals surface area contributed by atoms with E-state index in [2.05, 4.69) is 10.3 Å². The number of carbonyl (C=O) groups excluding carboxylic acids is 1. The summed E-state index contributed by atoms with van der Waals surface area (Å²) in [5, 5.41) is 3.14. The number of rotatable bonds is 6. The highest BCUT2D eigenvalue weighted by atomic mass is 16.5. The number of hydrogen-bond donors (Lipinski definition) is 2. The van der Waals surface area contributed by atoms with Crippen molar-refractivity contribution in [2.75, 3.05) is 18.6 Å². The number of methoxy groups -OCH3 is 1. The lowest BCUT2D eigenvalue weighted by molar-refractivity contribution is -0.118. The molecular formula is C19H24N4O4. The Morgan fingerprint density at radius 3 is 2.70 bits per heavy atom. The van der Waals surface area contributed by atoms with Gasteiger partial charge in [-0.2, -0.15) is 0 Å². The molecule has 8 nitrogen and oxygen atoms in total. The largest absolute Gasteiger partial charge is 0.495 e. The van der Waals surface area contributed by atoms with Gasteiger partial charge in [-0.3, -0.25) is 19.1 Å². The van der Waals surface area contributed by atoms with Gasteiger partial charge in [-0.05, 0) is 32.4 Å². The van der Waals surface area contributed by atoms with Crippen molar-refractivity contribution in [3.8, 4) is 5.75 Å². The molecule has 144 valence electrons. The monoisotopic (exact) mass is 372 g/mol. The molecule has 1 atom stereocenters. The summed E-state index contributed by atoms with van der Waals surface area (Å²) < 4.78 is 6.81. The van der Waals surface area contributed by atoms with E-state index in [1.54, 1.807) is 18.2 Å². The number of amides is 1. The number of aromatic nitrogens is 2. The van der Waals surface area contributed by atoms with Crippen molar-refractivity contribution in [2.24, 2.45) is 0 Å². The van der Waals surface area contributed by atoms with E-state index in [9.17, 15) is 14.4 Å². The van der Waals surface area contributed by atoms with Crippen molar-refractivity contribution in [1.29, 1.82) is 0 Å². The van der Waals surface area contributed by atoms with Gasteiger partial charge in [0.2, 0.25) is 5.91 Å². The maximum absolute atomic E-state index is 12.8. The van der Waals surface area contributed by atoms with E-state index in [1.807, 2.05) is 38.1 Å². The number of carbonyl (C=O) groups is 1. The molecule has 0 aliphatic carbocycles. The van der Waals surface area contributed by atoms with E-state index in [4.69, 9.17) is 4.74 Å². The average Bonchev–Trinajstić information content (AvgIpc) is 3.01. The van der Waals surface area contributed by atoms with Crippen LogP contribution >= 0.6 is 0 Å². The first-order valence-corrected chi connectivity index (χ1v) is 8.94. The molecule has 0 radical (unpaired) electrons. The summed E-state index contributed by atoms with van der Waals surface area (Å²) in [4.78, 5) is 40.7. The van der Waals surface area contributed by atoms with Crippen molar-refractivity contribution < 1.29 is 9.53 Å². The van der Waals surface area contributed by atoms with E-state index < -0.39 is 17.3 Å². The Bertz CT molecular complexity index is 947. The highest BCUT2D eigenvalue weighted by Crippen LogP contribution is 2.31. The van der Waals surface area contributed by atoms with Gasteiger partial charge in [0.15, 0.2) is 0 Å². The smallest absolute Gasteiger partial charge is 0.328 e. The third kappa shape index (κ3) is 3.80. The van der Waals surface area contributed by atoms with E-state index in [-0.39, 0.29) is 18.5 Å². The zero-order chi connectivity index (χ0) is 19.6. The summed E-state index contributed by atoms with van der Waals surface area (Å²) in [5.41, 5.74) is 0.293. The zero-order valence-corrected chi connectivity index (χ0v) is 15.7. The van der Waals surface area contributed by atoms with Crippen molar-refractivity contribution >= 4 is 11.6 Å². The predicted octanol–water partition coefficient (Wildman–Crippen LogP) is 1.02. The van der Waals surface area contributed by atoms with E-state index >= 15 is 0 Å². The van der Waals surface area contributed by atoms with Crippen molar-refractivity contribution in [3.63, 3.8) is 0 Å². The molecule has 1 aromatic heterocycles. The topological polar surface area (TPSA) is 96.4 Å². The minimum absolute atomic E-state index is 0.0619. The third-order valence-electron chi connectivity index (χ3n) is 4.72. The second-order valence-corrected chi connectivity index (χ2v) is 6.80. The molecule has 0 bridgehead atoms. The molecule has 0 spiro atoms. The molecule has 3 rings (SSSR count). The maximum atomic E-state index is 12.8. The van der Waals surface area contributed by atoms with Crippen LogP contribution in [0.25, 0.3) is 0 Å². The Labute approximate surface area is 156 Å². The molecule has 1 aliphatic heterocycles. The molecule has 1 fully saturated rings. The molecule has 1 aromatic carbocycles. The second-order valence-electron chi connectivity index (χ2n) is 6.80. The van der Waals surface area contributed by atoms with Crippen LogP contribution in [0.1, 0.15) is 31.9 Å². The number of nitrogens with one attached hydrogen (secondary N) is 2. The average molecular weight is 372 g/mol. The van der Waals surface area contributed by atoms with Crippen LogP contribution in [0, 0.1) is 0 Å². The van der Waals surface area contributed by atoms with Gasteiger partial charge in [-0.1, -0.05) is 12.1 Å². The van der Waals surface area contributed by atoms with Gasteiger partial charge >= 0.3 is 5.69 Å². The first kappa shape index (κ1) is 18.9. The minimum atomic E-state index is -0.434. The first-order valence-electron chi connectivity index (χ1n) is 8.94. The quantitative estimate of drug-likeness (QED) is 0.789. The Morgan fingerprint density at radius 1 is 1.26 bits per heavy atom. The van der Waals surface area contributed by atoms with Crippen molar-refractivity contribution in [1.82, 2.24) is 14.9 Å². The van der Waals surface area contributed by atoms with Crippen LogP contribution in [0.5, 0.6) is 5.75 Å². The number of nitrogens with zero attached hydrogens (tertiary/aromatic N) is 2. The van der Waals surface area contributed by atoms with Gasteiger partial charge in [0.1, 0.15) is 5.75 Å². The molecule has 1 saturated heterocycles. The maximum Gasteiger partial charge on any atom is 0.328 e. The Balaban J connectivity index is 1.73. The van der Waals surface area contributed by atoms with Gasteiger partial charge in [-0.15, -0.1) is 0 Å². The summed E-state index contributed by atoms with van der Waals surface area (Å²) in [6.07, 6.45) is 2.18. The molecule has 27 heavy (non-hydrogen) atoms. The Hall–Kier alpha value is -2.87. The molecular weight excluding hydrogens is 348 g/mol. The van der Waals surface area contributed by atoms with E-state index in [0.717, 1.165) is 5.69 Å². The van der Waals surface area contributed by atoms with Crippen LogP contribution in [0.4, 0.5) is 5.69 Å². The molecule has 0 saturated carbocycles. The SMILES string of the molecule is COc1ccccc1N1CCC(NCc2cn(C(C)C)c(=O)[nH]c2=O)C1=O. The normalized spacial score (nSPS) is 17.0. The van der Waals surface area contributed by atoms with E-state index in [0.29, 0.717) is 24.3 Å². The van der Waals surface area contributed by atoms with Gasteiger partial charge in [-0.25, -0.2) is 4.79 Å². The van der Waals surface area contributed by atoms with Gasteiger partial charge in [0.05, 0.1) is 18.8 Å². The lowest BCUT2D eigenvalue weighted by Crippen LogP contribution is -2.40. The Morgan fingerprint density at radius 2 is 2.00 bits per heavy atom. The van der Waals surface area contributed by atoms with Gasteiger partial charge < -0.3 is 15.0 Å². The van der Waals surface area contributed by atoms with Crippen molar-refractivity contribution in [3.05, 3.63) is 56.9 Å². The van der Waals surface area contributed by atoms with Crippen LogP contribution in [-0.4, -0.2) is 35.2 Å². The molecule has 2 aromatic rings. The van der Waals surface area contributed by atoms with Crippen LogP contribution in [0.2, 0.25) is 0 Å². The fourth-order valence-electron chi connectivity index (χ4n) is 3.23. The summed E-state index contributed by atoms with van der Waals surface area (Å²) in [6.45, 7) is 4.50. The van der Waals surface area contributed by atoms with Crippen LogP contribution in [0.3, 0.4) is 0 Å². The number of ether oxygens (including phenoxy) is 1. The summed E-state index contributed by atoms with van der Waals surface area (Å²) >= 11 is 0. The summed E-state index contributed by atoms with van der Waals surface area (Å²) in [5.74, 6) is 0.583. The lowest BCUT2D eigenvalue weighted by atomic mass is 10.2. The molecule has 2 heterocycles. The number of benzene rings is 1. The van der Waals surface area contributed by atoms with Crippen LogP contribution in [0.15, 0.2) is 40.1 Å².